The number of amides is 2. The maximum atomic E-state index is 12.6. The number of thiazole rings is 1. The number of rotatable bonds is 13. The summed E-state index contributed by atoms with van der Waals surface area (Å²) >= 11 is 1.56. The van der Waals surface area contributed by atoms with Gasteiger partial charge in [0.1, 0.15) is 18.1 Å². The van der Waals surface area contributed by atoms with E-state index in [1.165, 1.54) is 0 Å². The van der Waals surface area contributed by atoms with Crippen LogP contribution in [-0.4, -0.2) is 51.3 Å². The summed E-state index contributed by atoms with van der Waals surface area (Å²) in [7, 11) is 0. The van der Waals surface area contributed by atoms with Crippen LogP contribution in [-0.2, 0) is 10.2 Å². The minimum Gasteiger partial charge on any atom is -0.492 e. The number of fused-ring (bicyclic) bond motifs is 3. The number of imidazole rings is 1. The number of carbonyl (C=O) groups excluding carboxylic acids is 1. The molecule has 43 heavy (non-hydrogen) atoms. The highest BCUT2D eigenvalue weighted by molar-refractivity contribution is 7.23. The number of aromatic nitrogens is 3. The van der Waals surface area contributed by atoms with Gasteiger partial charge in [-0.05, 0) is 42.7 Å². The van der Waals surface area contributed by atoms with Crippen LogP contribution in [0, 0.1) is 5.92 Å². The molecule has 0 aliphatic carbocycles. The summed E-state index contributed by atoms with van der Waals surface area (Å²) in [5, 5.41) is 21.1. The van der Waals surface area contributed by atoms with Gasteiger partial charge in [0, 0.05) is 35.5 Å². The maximum Gasteiger partial charge on any atom is 0.324 e. The van der Waals surface area contributed by atoms with E-state index in [2.05, 4.69) is 48.8 Å². The van der Waals surface area contributed by atoms with Gasteiger partial charge in [-0.2, -0.15) is 0 Å². The van der Waals surface area contributed by atoms with Crippen LogP contribution in [0.25, 0.3) is 26.4 Å². The van der Waals surface area contributed by atoms with Crippen molar-refractivity contribution >= 4 is 50.0 Å². The van der Waals surface area contributed by atoms with Crippen molar-refractivity contribution in [1.29, 1.82) is 0 Å². The van der Waals surface area contributed by atoms with Crippen LogP contribution in [0.4, 0.5) is 16.3 Å². The fraction of sp³-hybridized carbons (Fsp3) is 0.355. The van der Waals surface area contributed by atoms with Gasteiger partial charge in [0.05, 0.1) is 22.5 Å². The molecule has 5 aromatic rings. The number of hydrogen-bond donors (Lipinski definition) is 4. The Bertz CT molecular complexity index is 1720. The molecule has 0 aliphatic heterocycles. The third-order valence-corrected chi connectivity index (χ3v) is 8.11. The highest BCUT2D eigenvalue weighted by atomic mass is 32.1. The molecule has 2 aromatic carbocycles. The molecule has 4 N–H and O–H groups in total. The Morgan fingerprint density at radius 3 is 2.65 bits per heavy atom. The summed E-state index contributed by atoms with van der Waals surface area (Å²) in [6.07, 6.45) is 4.04. The first-order chi connectivity index (χ1) is 20.6. The molecule has 0 bridgehead atoms. The summed E-state index contributed by atoms with van der Waals surface area (Å²) in [4.78, 5) is 28.8. The topological polar surface area (TPSA) is 143 Å². The maximum absolute atomic E-state index is 12.6. The molecule has 12 heteroatoms. The quantitative estimate of drug-likeness (QED) is 0.110. The molecule has 3 heterocycles. The number of carboxylic acid groups (broad SMARTS) is 1. The van der Waals surface area contributed by atoms with Crippen LogP contribution < -0.4 is 20.7 Å². The van der Waals surface area contributed by atoms with E-state index < -0.39 is 12.0 Å². The number of carbonyl (C=O) groups is 2. The van der Waals surface area contributed by atoms with Gasteiger partial charge in [-0.3, -0.25) is 14.5 Å². The van der Waals surface area contributed by atoms with E-state index in [4.69, 9.17) is 19.4 Å². The molecule has 5 rings (SSSR count). The number of hydrogen-bond acceptors (Lipinski definition) is 8. The third kappa shape index (κ3) is 7.51. The van der Waals surface area contributed by atoms with Crippen LogP contribution in [0.1, 0.15) is 46.3 Å². The second kappa shape index (κ2) is 12.8. The molecule has 0 radical (unpaired) electrons. The van der Waals surface area contributed by atoms with E-state index in [-0.39, 0.29) is 12.0 Å². The largest absolute Gasteiger partial charge is 0.492 e. The number of nitrogens with zero attached hydrogens (tertiary/aromatic N) is 3. The lowest BCUT2D eigenvalue weighted by molar-refractivity contribution is -0.135. The molecule has 0 fully saturated rings. The lowest BCUT2D eigenvalue weighted by Gasteiger charge is -2.21. The van der Waals surface area contributed by atoms with E-state index in [1.807, 2.05) is 53.1 Å². The van der Waals surface area contributed by atoms with E-state index in [0.29, 0.717) is 30.6 Å². The van der Waals surface area contributed by atoms with Crippen molar-refractivity contribution in [2.75, 3.05) is 30.3 Å². The second-order valence-corrected chi connectivity index (χ2v) is 12.5. The highest BCUT2D eigenvalue weighted by Crippen LogP contribution is 2.33. The van der Waals surface area contributed by atoms with Crippen molar-refractivity contribution in [3.05, 3.63) is 60.5 Å². The van der Waals surface area contributed by atoms with Crippen molar-refractivity contribution in [3.63, 3.8) is 0 Å². The van der Waals surface area contributed by atoms with E-state index in [1.54, 1.807) is 17.4 Å². The molecule has 0 atom stereocenters. The number of ether oxygens (including phenoxy) is 1. The Morgan fingerprint density at radius 1 is 1.12 bits per heavy atom. The summed E-state index contributed by atoms with van der Waals surface area (Å²) < 4.78 is 14.4. The first kappa shape index (κ1) is 30.1. The summed E-state index contributed by atoms with van der Waals surface area (Å²) in [5.41, 5.74) is 3.24. The van der Waals surface area contributed by atoms with Gasteiger partial charge in [-0.25, -0.2) is 9.78 Å². The van der Waals surface area contributed by atoms with Crippen molar-refractivity contribution < 1.29 is 24.0 Å². The van der Waals surface area contributed by atoms with Crippen LogP contribution in [0.3, 0.4) is 0 Å². The minimum atomic E-state index is -0.896. The zero-order chi connectivity index (χ0) is 30.6. The molecule has 0 saturated heterocycles. The monoisotopic (exact) mass is 604 g/mol. The summed E-state index contributed by atoms with van der Waals surface area (Å²) in [6, 6.07) is 14.7. The number of aliphatic carboxylic acids is 1. The van der Waals surface area contributed by atoms with Crippen molar-refractivity contribution in [1.82, 2.24) is 19.9 Å². The lowest BCUT2D eigenvalue weighted by atomic mass is 9.83. The van der Waals surface area contributed by atoms with Crippen LogP contribution in [0.5, 0.6) is 5.75 Å². The van der Waals surface area contributed by atoms with Gasteiger partial charge in [-0.15, -0.1) is 0 Å². The average Bonchev–Trinajstić information content (AvgIpc) is 3.67. The molecular weight excluding hydrogens is 568 g/mol. The molecule has 226 valence electrons. The number of anilines is 2. The number of urea groups is 1. The number of benzene rings is 2. The fourth-order valence-electron chi connectivity index (χ4n) is 4.58. The molecule has 2 amide bonds. The second-order valence-electron chi connectivity index (χ2n) is 11.5. The first-order valence-electron chi connectivity index (χ1n) is 14.2. The standard InChI is InChI=1S/C31H36N6O5S/c1-19(2)11-12-31(3,4)26-16-27(36-42-26)35-29(40)33-21-7-5-20(6-8-21)23-18-37-24-10-9-22(15-25(24)43-30(37)34-23)41-14-13-32-17-28(38)39/h5-10,15-16,18-19,32H,11-14,17H2,1-4H3,(H,38,39)(H2,33,35,36,40). The van der Waals surface area contributed by atoms with Crippen LogP contribution >= 0.6 is 11.3 Å². The minimum absolute atomic E-state index is 0.0937. The summed E-state index contributed by atoms with van der Waals surface area (Å²) in [5.74, 6) is 1.55. The van der Waals surface area contributed by atoms with Gasteiger partial charge in [0.25, 0.3) is 0 Å². The fourth-order valence-corrected chi connectivity index (χ4v) is 5.61. The average molecular weight is 605 g/mol. The Kier molecular flexibility index (Phi) is 8.97. The van der Waals surface area contributed by atoms with Gasteiger partial charge in [0.2, 0.25) is 0 Å². The van der Waals surface area contributed by atoms with E-state index in [0.717, 1.165) is 50.8 Å². The summed E-state index contributed by atoms with van der Waals surface area (Å²) in [6.45, 7) is 9.35. The molecule has 0 unspecified atom stereocenters. The Labute approximate surface area is 253 Å². The molecule has 0 spiro atoms. The number of carboxylic acids is 1. The normalized spacial score (nSPS) is 11.8. The molecule has 3 aromatic heterocycles. The van der Waals surface area contributed by atoms with Crippen LogP contribution in [0.15, 0.2) is 59.3 Å². The number of nitrogens with one attached hydrogen (secondary N) is 3. The van der Waals surface area contributed by atoms with Gasteiger partial charge >= 0.3 is 12.0 Å². The zero-order valence-electron chi connectivity index (χ0n) is 24.6. The molecular formula is C31H36N6O5S. The SMILES string of the molecule is CC(C)CCC(C)(C)c1cc(NC(=O)Nc2ccc(-c3cn4c(n3)sc3cc(OCCNCC(=O)O)ccc34)cc2)no1. The predicted octanol–water partition coefficient (Wildman–Crippen LogP) is 6.61. The Morgan fingerprint density at radius 2 is 1.91 bits per heavy atom. The van der Waals surface area contributed by atoms with E-state index >= 15 is 0 Å². The highest BCUT2D eigenvalue weighted by Gasteiger charge is 2.26. The van der Waals surface area contributed by atoms with Crippen molar-refractivity contribution in [2.24, 2.45) is 5.92 Å². The van der Waals surface area contributed by atoms with Crippen molar-refractivity contribution in [2.45, 2.75) is 46.0 Å². The predicted molar refractivity (Wildman–Crippen MR) is 168 cm³/mol. The Hall–Kier alpha value is -4.42. The zero-order valence-corrected chi connectivity index (χ0v) is 25.5. The molecule has 0 aliphatic rings. The van der Waals surface area contributed by atoms with Crippen LogP contribution in [0.2, 0.25) is 0 Å². The Balaban J connectivity index is 1.18. The molecule has 0 saturated carbocycles. The van der Waals surface area contributed by atoms with E-state index in [9.17, 15) is 9.59 Å². The molecule has 11 nitrogen and oxygen atoms in total. The smallest absolute Gasteiger partial charge is 0.324 e. The van der Waals surface area contributed by atoms with Gasteiger partial charge in [0.15, 0.2) is 10.8 Å². The van der Waals surface area contributed by atoms with Gasteiger partial charge in [-0.1, -0.05) is 62.7 Å². The van der Waals surface area contributed by atoms with Crippen molar-refractivity contribution in [3.8, 4) is 17.0 Å². The lowest BCUT2D eigenvalue weighted by Crippen LogP contribution is -2.26. The third-order valence-electron chi connectivity index (χ3n) is 7.09. The first-order valence-corrected chi connectivity index (χ1v) is 15.0. The van der Waals surface area contributed by atoms with Gasteiger partial charge < -0.3 is 25.0 Å².